The summed E-state index contributed by atoms with van der Waals surface area (Å²) in [6, 6.07) is 0. The number of hydrogen-bond donors (Lipinski definition) is 1. The van der Waals surface area contributed by atoms with Crippen LogP contribution in [0.2, 0.25) is 0 Å². The van der Waals surface area contributed by atoms with Crippen molar-refractivity contribution in [3.8, 4) is 0 Å². The van der Waals surface area contributed by atoms with Gasteiger partial charge in [-0.25, -0.2) is 0 Å². The first kappa shape index (κ1) is 14.6. The Morgan fingerprint density at radius 1 is 1.47 bits per heavy atom. The normalized spacial score (nSPS) is 18.4. The summed E-state index contributed by atoms with van der Waals surface area (Å²) in [5.41, 5.74) is 0. The standard InChI is InChI=1S/C12H20N4OS2/c1-4-5-13-11-15-14-9(19-11)10(17)16-6-7-18-12(2,3)8-16/h4-8H2,1-3H3,(H,13,15). The molecule has 0 aliphatic carbocycles. The second-order valence-electron chi connectivity index (χ2n) is 5.17. The maximum absolute atomic E-state index is 12.4. The van der Waals surface area contributed by atoms with Crippen LogP contribution in [0.4, 0.5) is 5.13 Å². The Hall–Kier alpha value is -0.820. The van der Waals surface area contributed by atoms with Crippen LogP contribution in [-0.2, 0) is 0 Å². The predicted octanol–water partition coefficient (Wildman–Crippen LogP) is 2.33. The van der Waals surface area contributed by atoms with Gasteiger partial charge in [-0.2, -0.15) is 11.8 Å². The highest BCUT2D eigenvalue weighted by Gasteiger charge is 2.31. The Morgan fingerprint density at radius 3 is 2.95 bits per heavy atom. The predicted molar refractivity (Wildman–Crippen MR) is 81.1 cm³/mol. The van der Waals surface area contributed by atoms with E-state index in [2.05, 4.69) is 36.3 Å². The Balaban J connectivity index is 2.01. The summed E-state index contributed by atoms with van der Waals surface area (Å²) in [7, 11) is 0. The van der Waals surface area contributed by atoms with E-state index in [0.717, 1.165) is 36.9 Å². The Morgan fingerprint density at radius 2 is 2.26 bits per heavy atom. The summed E-state index contributed by atoms with van der Waals surface area (Å²) in [5.74, 6) is 0.994. The summed E-state index contributed by atoms with van der Waals surface area (Å²) in [6.45, 7) is 8.86. The van der Waals surface area contributed by atoms with Gasteiger partial charge in [0.2, 0.25) is 10.1 Å². The van der Waals surface area contributed by atoms with Crippen molar-refractivity contribution < 1.29 is 4.79 Å². The van der Waals surface area contributed by atoms with Crippen molar-refractivity contribution in [2.24, 2.45) is 0 Å². The second kappa shape index (κ2) is 6.09. The Bertz CT molecular complexity index is 447. The molecule has 1 aromatic heterocycles. The van der Waals surface area contributed by atoms with Crippen molar-refractivity contribution in [2.45, 2.75) is 31.9 Å². The van der Waals surface area contributed by atoms with Crippen molar-refractivity contribution in [1.29, 1.82) is 0 Å². The lowest BCUT2D eigenvalue weighted by molar-refractivity contribution is 0.0747. The lowest BCUT2D eigenvalue weighted by atomic mass is 10.2. The van der Waals surface area contributed by atoms with Crippen LogP contribution < -0.4 is 5.32 Å². The van der Waals surface area contributed by atoms with Crippen LogP contribution in [0, 0.1) is 0 Å². The fourth-order valence-corrected chi connectivity index (χ4v) is 3.79. The molecule has 2 heterocycles. The van der Waals surface area contributed by atoms with Crippen molar-refractivity contribution in [3.05, 3.63) is 5.01 Å². The van der Waals surface area contributed by atoms with E-state index in [9.17, 15) is 4.79 Å². The number of rotatable bonds is 4. The molecule has 19 heavy (non-hydrogen) atoms. The molecule has 106 valence electrons. The molecular formula is C12H20N4OS2. The number of aromatic nitrogens is 2. The smallest absolute Gasteiger partial charge is 0.284 e. The highest BCUT2D eigenvalue weighted by Crippen LogP contribution is 2.30. The van der Waals surface area contributed by atoms with E-state index in [1.807, 2.05) is 16.7 Å². The molecule has 0 radical (unpaired) electrons. The minimum absolute atomic E-state index is 0.00965. The number of carbonyl (C=O) groups is 1. The molecule has 1 aliphatic rings. The van der Waals surface area contributed by atoms with Crippen LogP contribution in [0.15, 0.2) is 0 Å². The van der Waals surface area contributed by atoms with E-state index in [1.165, 1.54) is 11.3 Å². The first-order chi connectivity index (χ1) is 9.02. The summed E-state index contributed by atoms with van der Waals surface area (Å²) >= 11 is 3.26. The average molecular weight is 300 g/mol. The van der Waals surface area contributed by atoms with Gasteiger partial charge in [-0.05, 0) is 20.3 Å². The number of carbonyl (C=O) groups excluding carboxylic acids is 1. The molecule has 7 heteroatoms. The SMILES string of the molecule is CCCNc1nnc(C(=O)N2CCSC(C)(C)C2)s1. The maximum atomic E-state index is 12.4. The van der Waals surface area contributed by atoms with Gasteiger partial charge in [-0.15, -0.1) is 10.2 Å². The maximum Gasteiger partial charge on any atom is 0.284 e. The van der Waals surface area contributed by atoms with Gasteiger partial charge in [0.05, 0.1) is 0 Å². The van der Waals surface area contributed by atoms with Crippen LogP contribution in [0.3, 0.4) is 0 Å². The third-order valence-electron chi connectivity index (χ3n) is 2.85. The minimum atomic E-state index is 0.00965. The fraction of sp³-hybridized carbons (Fsp3) is 0.750. The van der Waals surface area contributed by atoms with E-state index >= 15 is 0 Å². The number of nitrogens with one attached hydrogen (secondary N) is 1. The largest absolute Gasteiger partial charge is 0.360 e. The van der Waals surface area contributed by atoms with Gasteiger partial charge in [0, 0.05) is 30.1 Å². The van der Waals surface area contributed by atoms with E-state index in [0.29, 0.717) is 5.01 Å². The second-order valence-corrected chi connectivity index (χ2v) is 7.95. The zero-order chi connectivity index (χ0) is 13.9. The van der Waals surface area contributed by atoms with Gasteiger partial charge in [0.15, 0.2) is 0 Å². The van der Waals surface area contributed by atoms with E-state index < -0.39 is 0 Å². The van der Waals surface area contributed by atoms with Crippen molar-refractivity contribution in [3.63, 3.8) is 0 Å². The Kier molecular flexibility index (Phi) is 4.67. The molecular weight excluding hydrogens is 280 g/mol. The average Bonchev–Trinajstić information content (AvgIpc) is 2.83. The van der Waals surface area contributed by atoms with E-state index in [-0.39, 0.29) is 10.7 Å². The van der Waals surface area contributed by atoms with Crippen LogP contribution >= 0.6 is 23.1 Å². The number of nitrogens with zero attached hydrogens (tertiary/aromatic N) is 3. The summed E-state index contributed by atoms with van der Waals surface area (Å²) in [5, 5.41) is 12.4. The minimum Gasteiger partial charge on any atom is -0.360 e. The molecule has 0 unspecified atom stereocenters. The van der Waals surface area contributed by atoms with Crippen LogP contribution in [-0.4, -0.2) is 51.1 Å². The summed E-state index contributed by atoms with van der Waals surface area (Å²) < 4.78 is 0.127. The zero-order valence-electron chi connectivity index (χ0n) is 11.6. The first-order valence-electron chi connectivity index (χ1n) is 6.52. The van der Waals surface area contributed by atoms with Gasteiger partial charge < -0.3 is 10.2 Å². The molecule has 0 bridgehead atoms. The topological polar surface area (TPSA) is 58.1 Å². The molecule has 1 aromatic rings. The fourth-order valence-electron chi connectivity index (χ4n) is 1.94. The Labute approximate surface area is 122 Å². The molecule has 5 nitrogen and oxygen atoms in total. The summed E-state index contributed by atoms with van der Waals surface area (Å²) in [6.07, 6.45) is 1.03. The number of hydrogen-bond acceptors (Lipinski definition) is 6. The lowest BCUT2D eigenvalue weighted by Crippen LogP contribution is -2.46. The van der Waals surface area contributed by atoms with Crippen molar-refractivity contribution in [2.75, 3.05) is 30.7 Å². The van der Waals surface area contributed by atoms with Gasteiger partial charge in [0.25, 0.3) is 5.91 Å². The molecule has 0 aromatic carbocycles. The van der Waals surface area contributed by atoms with E-state index in [4.69, 9.17) is 0 Å². The highest BCUT2D eigenvalue weighted by molar-refractivity contribution is 8.00. The monoisotopic (exact) mass is 300 g/mol. The third kappa shape index (κ3) is 3.82. The van der Waals surface area contributed by atoms with Crippen LogP contribution in [0.1, 0.15) is 37.0 Å². The number of thioether (sulfide) groups is 1. The van der Waals surface area contributed by atoms with Gasteiger partial charge in [-0.1, -0.05) is 18.3 Å². The molecule has 0 saturated carbocycles. The van der Waals surface area contributed by atoms with Crippen molar-refractivity contribution >= 4 is 34.1 Å². The number of amides is 1. The first-order valence-corrected chi connectivity index (χ1v) is 8.32. The molecule has 1 amide bonds. The molecule has 1 saturated heterocycles. The van der Waals surface area contributed by atoms with Crippen LogP contribution in [0.5, 0.6) is 0 Å². The number of anilines is 1. The summed E-state index contributed by atoms with van der Waals surface area (Å²) in [4.78, 5) is 14.3. The third-order valence-corrected chi connectivity index (χ3v) is 5.01. The molecule has 1 aliphatic heterocycles. The van der Waals surface area contributed by atoms with Crippen LogP contribution in [0.25, 0.3) is 0 Å². The highest BCUT2D eigenvalue weighted by atomic mass is 32.2. The van der Waals surface area contributed by atoms with Gasteiger partial charge >= 0.3 is 0 Å². The van der Waals surface area contributed by atoms with Gasteiger partial charge in [0.1, 0.15) is 0 Å². The van der Waals surface area contributed by atoms with Crippen molar-refractivity contribution in [1.82, 2.24) is 15.1 Å². The van der Waals surface area contributed by atoms with Gasteiger partial charge in [-0.3, -0.25) is 4.79 Å². The molecule has 0 spiro atoms. The lowest BCUT2D eigenvalue weighted by Gasteiger charge is -2.37. The molecule has 1 N–H and O–H groups in total. The molecule has 1 fully saturated rings. The molecule has 2 rings (SSSR count). The quantitative estimate of drug-likeness (QED) is 0.925. The van der Waals surface area contributed by atoms with E-state index in [1.54, 1.807) is 0 Å². The zero-order valence-corrected chi connectivity index (χ0v) is 13.2. The molecule has 0 atom stereocenters.